The molecule has 1 aromatic carbocycles. The molecule has 1 rings (SSSR count). The summed E-state index contributed by atoms with van der Waals surface area (Å²) in [5.74, 6) is -0.0361. The van der Waals surface area contributed by atoms with E-state index < -0.39 is 10.0 Å². The fourth-order valence-corrected chi connectivity index (χ4v) is 2.21. The van der Waals surface area contributed by atoms with Gasteiger partial charge >= 0.3 is 0 Å². The average molecular weight is 285 g/mol. The summed E-state index contributed by atoms with van der Waals surface area (Å²) in [7, 11) is -3.72. The van der Waals surface area contributed by atoms with Gasteiger partial charge in [-0.2, -0.15) is 0 Å². The van der Waals surface area contributed by atoms with E-state index in [1.807, 2.05) is 13.8 Å². The number of sulfonamides is 1. The second-order valence-corrected chi connectivity index (χ2v) is 5.55. The molecule has 1 amide bonds. The van der Waals surface area contributed by atoms with Crippen molar-refractivity contribution in [1.82, 2.24) is 4.90 Å². The molecule has 0 atom stereocenters. The van der Waals surface area contributed by atoms with Crippen LogP contribution in [0, 0.1) is 0 Å². The molecule has 0 spiro atoms. The first-order valence-electron chi connectivity index (χ1n) is 6.03. The molecule has 0 aliphatic heterocycles. The Kier molecular flexibility index (Phi) is 5.31. The third kappa shape index (κ3) is 4.53. The van der Waals surface area contributed by atoms with Gasteiger partial charge in [0.25, 0.3) is 0 Å². The third-order valence-electron chi connectivity index (χ3n) is 2.72. The molecule has 0 aliphatic carbocycles. The van der Waals surface area contributed by atoms with Gasteiger partial charge in [-0.3, -0.25) is 4.79 Å². The summed E-state index contributed by atoms with van der Waals surface area (Å²) in [5.41, 5.74) is 0.548. The summed E-state index contributed by atoms with van der Waals surface area (Å²) in [6.45, 7) is 5.23. The molecule has 3 N–H and O–H groups in total. The van der Waals surface area contributed by atoms with Gasteiger partial charge in [0.05, 0.1) is 11.4 Å². The molecule has 0 unspecified atom stereocenters. The maximum atomic E-state index is 11.8. The second-order valence-electron chi connectivity index (χ2n) is 3.99. The summed E-state index contributed by atoms with van der Waals surface area (Å²) in [5, 5.41) is 7.94. The summed E-state index contributed by atoms with van der Waals surface area (Å²) in [6.07, 6.45) is 0. The van der Waals surface area contributed by atoms with Crippen molar-refractivity contribution in [2.24, 2.45) is 5.14 Å². The highest BCUT2D eigenvalue weighted by Crippen LogP contribution is 2.13. The van der Waals surface area contributed by atoms with Crippen molar-refractivity contribution in [3.63, 3.8) is 0 Å². The Hall–Kier alpha value is -1.60. The van der Waals surface area contributed by atoms with Gasteiger partial charge in [0, 0.05) is 18.8 Å². The van der Waals surface area contributed by atoms with Crippen molar-refractivity contribution in [1.29, 1.82) is 0 Å². The minimum atomic E-state index is -3.72. The third-order valence-corrected chi connectivity index (χ3v) is 3.63. The number of likely N-dealkylation sites (N-methyl/N-ethyl adjacent to an activating group) is 1. The number of amides is 1. The molecule has 106 valence electrons. The molecular weight excluding hydrogens is 266 g/mol. The van der Waals surface area contributed by atoms with E-state index in [0.29, 0.717) is 18.8 Å². The van der Waals surface area contributed by atoms with Crippen LogP contribution in [0.1, 0.15) is 13.8 Å². The van der Waals surface area contributed by atoms with E-state index >= 15 is 0 Å². The lowest BCUT2D eigenvalue weighted by Crippen LogP contribution is -2.35. The van der Waals surface area contributed by atoms with Gasteiger partial charge < -0.3 is 10.2 Å². The van der Waals surface area contributed by atoms with Gasteiger partial charge in [-0.15, -0.1) is 0 Å². The van der Waals surface area contributed by atoms with Crippen LogP contribution in [0.4, 0.5) is 5.69 Å². The predicted octanol–water partition coefficient (Wildman–Crippen LogP) is 0.614. The number of primary sulfonamides is 1. The Bertz CT molecular complexity index is 539. The monoisotopic (exact) mass is 285 g/mol. The summed E-state index contributed by atoms with van der Waals surface area (Å²) >= 11 is 0. The first-order chi connectivity index (χ1) is 8.88. The van der Waals surface area contributed by atoms with E-state index in [-0.39, 0.29) is 17.3 Å². The quantitative estimate of drug-likeness (QED) is 0.801. The molecule has 0 bridgehead atoms. The first kappa shape index (κ1) is 15.5. The van der Waals surface area contributed by atoms with Crippen LogP contribution in [-0.4, -0.2) is 38.9 Å². The zero-order valence-corrected chi connectivity index (χ0v) is 11.9. The number of rotatable bonds is 6. The molecular formula is C12H19N3O3S. The molecule has 0 aliphatic rings. The molecule has 19 heavy (non-hydrogen) atoms. The number of nitrogens with one attached hydrogen (secondary N) is 1. The molecule has 0 heterocycles. The normalized spacial score (nSPS) is 11.1. The van der Waals surface area contributed by atoms with Crippen LogP contribution < -0.4 is 10.5 Å². The minimum absolute atomic E-state index is 0.0211. The van der Waals surface area contributed by atoms with Crippen molar-refractivity contribution in [3.8, 4) is 0 Å². The Morgan fingerprint density at radius 3 is 2.47 bits per heavy atom. The number of hydrogen-bond acceptors (Lipinski definition) is 4. The number of anilines is 1. The Morgan fingerprint density at radius 2 is 1.95 bits per heavy atom. The number of carbonyl (C=O) groups excluding carboxylic acids is 1. The van der Waals surface area contributed by atoms with Gasteiger partial charge in [-0.05, 0) is 32.0 Å². The maximum Gasteiger partial charge on any atom is 0.241 e. The van der Waals surface area contributed by atoms with E-state index in [1.165, 1.54) is 12.1 Å². The Labute approximate surface area is 113 Å². The van der Waals surface area contributed by atoms with Gasteiger partial charge in [0.1, 0.15) is 0 Å². The highest BCUT2D eigenvalue weighted by molar-refractivity contribution is 7.89. The van der Waals surface area contributed by atoms with Crippen molar-refractivity contribution >= 4 is 21.6 Å². The lowest BCUT2D eigenvalue weighted by molar-refractivity contribution is -0.128. The zero-order valence-electron chi connectivity index (χ0n) is 11.1. The van der Waals surface area contributed by atoms with Crippen molar-refractivity contribution in [2.45, 2.75) is 18.7 Å². The van der Waals surface area contributed by atoms with Crippen LogP contribution in [0.25, 0.3) is 0 Å². The Balaban J connectivity index is 2.71. The molecule has 0 saturated carbocycles. The lowest BCUT2D eigenvalue weighted by atomic mass is 10.3. The smallest absolute Gasteiger partial charge is 0.241 e. The molecule has 1 aromatic rings. The zero-order chi connectivity index (χ0) is 14.5. The lowest BCUT2D eigenvalue weighted by Gasteiger charge is -2.19. The van der Waals surface area contributed by atoms with Crippen LogP contribution in [0.2, 0.25) is 0 Å². The van der Waals surface area contributed by atoms with Crippen molar-refractivity contribution in [2.75, 3.05) is 25.0 Å². The molecule has 0 radical (unpaired) electrons. The fraction of sp³-hybridized carbons (Fsp3) is 0.417. The van der Waals surface area contributed by atoms with Gasteiger partial charge in [0.2, 0.25) is 15.9 Å². The fourth-order valence-electron chi connectivity index (χ4n) is 1.65. The van der Waals surface area contributed by atoms with Gasteiger partial charge in [0.15, 0.2) is 0 Å². The average Bonchev–Trinajstić information content (AvgIpc) is 2.37. The van der Waals surface area contributed by atoms with Crippen molar-refractivity contribution in [3.05, 3.63) is 24.3 Å². The van der Waals surface area contributed by atoms with E-state index in [1.54, 1.807) is 17.0 Å². The summed E-state index contributed by atoms with van der Waals surface area (Å²) < 4.78 is 22.4. The van der Waals surface area contributed by atoms with E-state index in [0.717, 1.165) is 0 Å². The van der Waals surface area contributed by atoms with Crippen LogP contribution in [-0.2, 0) is 14.8 Å². The highest BCUT2D eigenvalue weighted by Gasteiger charge is 2.10. The highest BCUT2D eigenvalue weighted by atomic mass is 32.2. The number of nitrogens with zero attached hydrogens (tertiary/aromatic N) is 1. The minimum Gasteiger partial charge on any atom is -0.376 e. The van der Waals surface area contributed by atoms with Gasteiger partial charge in [-0.1, -0.05) is 6.07 Å². The summed E-state index contributed by atoms with van der Waals surface area (Å²) in [6, 6.07) is 6.08. The number of hydrogen-bond donors (Lipinski definition) is 2. The topological polar surface area (TPSA) is 92.5 Å². The van der Waals surface area contributed by atoms with Gasteiger partial charge in [-0.25, -0.2) is 13.6 Å². The number of nitrogens with two attached hydrogens (primary N) is 1. The molecule has 0 aromatic heterocycles. The predicted molar refractivity (Wildman–Crippen MR) is 74.2 cm³/mol. The van der Waals surface area contributed by atoms with E-state index in [2.05, 4.69) is 5.32 Å². The maximum absolute atomic E-state index is 11.8. The van der Waals surface area contributed by atoms with E-state index in [4.69, 9.17) is 5.14 Å². The Morgan fingerprint density at radius 1 is 1.32 bits per heavy atom. The van der Waals surface area contributed by atoms with Crippen LogP contribution in [0.3, 0.4) is 0 Å². The second kappa shape index (κ2) is 6.53. The molecule has 7 heteroatoms. The molecule has 0 fully saturated rings. The van der Waals surface area contributed by atoms with Crippen LogP contribution in [0.15, 0.2) is 29.2 Å². The van der Waals surface area contributed by atoms with Crippen LogP contribution in [0.5, 0.6) is 0 Å². The first-order valence-corrected chi connectivity index (χ1v) is 7.57. The van der Waals surface area contributed by atoms with E-state index in [9.17, 15) is 13.2 Å². The SMILES string of the molecule is CCN(CC)C(=O)CNc1cccc(S(N)(=O)=O)c1. The van der Waals surface area contributed by atoms with Crippen molar-refractivity contribution < 1.29 is 13.2 Å². The molecule has 0 saturated heterocycles. The molecule has 6 nitrogen and oxygen atoms in total. The number of benzene rings is 1. The summed E-state index contributed by atoms with van der Waals surface area (Å²) in [4.78, 5) is 13.5. The largest absolute Gasteiger partial charge is 0.376 e. The number of carbonyl (C=O) groups is 1. The van der Waals surface area contributed by atoms with Crippen LogP contribution >= 0.6 is 0 Å². The standard InChI is InChI=1S/C12H19N3O3S/c1-3-15(4-2)12(16)9-14-10-6-5-7-11(8-10)19(13,17)18/h5-8,14H,3-4,9H2,1-2H3,(H2,13,17,18).